The molecule has 16 heavy (non-hydrogen) atoms. The molecule has 0 aliphatic heterocycles. The van der Waals surface area contributed by atoms with Gasteiger partial charge < -0.3 is 14.6 Å². The minimum absolute atomic E-state index is 0.461. The van der Waals surface area contributed by atoms with Gasteiger partial charge >= 0.3 is 0 Å². The monoisotopic (exact) mass is 224 g/mol. The average molecular weight is 224 g/mol. The van der Waals surface area contributed by atoms with E-state index in [9.17, 15) is 0 Å². The lowest BCUT2D eigenvalue weighted by atomic mass is 10.1. The van der Waals surface area contributed by atoms with E-state index in [1.165, 1.54) is 6.42 Å². The van der Waals surface area contributed by atoms with E-state index < -0.39 is 0 Å². The fourth-order valence-electron chi connectivity index (χ4n) is 1.81. The first-order chi connectivity index (χ1) is 7.58. The van der Waals surface area contributed by atoms with E-state index in [1.807, 2.05) is 12.1 Å². The topological polar surface area (TPSA) is 28.4 Å². The van der Waals surface area contributed by atoms with E-state index >= 15 is 0 Å². The Labute approximate surface area is 98.8 Å². The number of hydrogen-bond acceptors (Lipinski definition) is 3. The summed E-state index contributed by atoms with van der Waals surface area (Å²) in [7, 11) is 4.22. The molecule has 0 fully saturated rings. The number of rotatable bonds is 7. The third kappa shape index (κ3) is 5.33. The van der Waals surface area contributed by atoms with Crippen LogP contribution in [0.15, 0.2) is 22.8 Å². The van der Waals surface area contributed by atoms with E-state index in [1.54, 1.807) is 6.26 Å². The molecule has 1 heterocycles. The molecule has 0 aliphatic rings. The highest BCUT2D eigenvalue weighted by Gasteiger charge is 2.09. The molecule has 0 saturated carbocycles. The molecule has 1 N–H and O–H groups in total. The number of hydrogen-bond donors (Lipinski definition) is 1. The molecule has 1 aromatic rings. The van der Waals surface area contributed by atoms with Crippen LogP contribution in [0.3, 0.4) is 0 Å². The van der Waals surface area contributed by atoms with Gasteiger partial charge in [-0.3, -0.25) is 0 Å². The zero-order valence-corrected chi connectivity index (χ0v) is 10.9. The van der Waals surface area contributed by atoms with Crippen LogP contribution in [0, 0.1) is 0 Å². The molecule has 1 rings (SSSR count). The summed E-state index contributed by atoms with van der Waals surface area (Å²) in [6.07, 6.45) is 3.87. The first kappa shape index (κ1) is 13.3. The highest BCUT2D eigenvalue weighted by Crippen LogP contribution is 2.05. The summed E-state index contributed by atoms with van der Waals surface area (Å²) in [5, 5.41) is 3.59. The van der Waals surface area contributed by atoms with Crippen LogP contribution < -0.4 is 5.32 Å². The molecule has 2 unspecified atom stereocenters. The van der Waals surface area contributed by atoms with Gasteiger partial charge in [-0.15, -0.1) is 0 Å². The number of nitrogens with zero attached hydrogens (tertiary/aromatic N) is 1. The largest absolute Gasteiger partial charge is 0.469 e. The summed E-state index contributed by atoms with van der Waals surface area (Å²) < 4.78 is 5.34. The van der Waals surface area contributed by atoms with Crippen LogP contribution in [0.5, 0.6) is 0 Å². The highest BCUT2D eigenvalue weighted by atomic mass is 16.3. The molecule has 0 radical (unpaired) electrons. The molecule has 0 aromatic carbocycles. The van der Waals surface area contributed by atoms with Crippen LogP contribution in [0.4, 0.5) is 0 Å². The average Bonchev–Trinajstić information content (AvgIpc) is 2.67. The zero-order valence-electron chi connectivity index (χ0n) is 10.9. The van der Waals surface area contributed by atoms with Crippen LogP contribution >= 0.6 is 0 Å². The standard InChI is InChI=1S/C13H24N2O/c1-11(7-8-15(3)4)14-12(2)10-13-6-5-9-16-13/h5-6,9,11-12,14H,7-8,10H2,1-4H3. The maximum atomic E-state index is 5.34. The molecule has 0 spiro atoms. The maximum absolute atomic E-state index is 5.34. The summed E-state index contributed by atoms with van der Waals surface area (Å²) in [6.45, 7) is 5.57. The van der Waals surface area contributed by atoms with Crippen molar-refractivity contribution in [3.05, 3.63) is 24.2 Å². The van der Waals surface area contributed by atoms with Crippen molar-refractivity contribution in [2.24, 2.45) is 0 Å². The number of furan rings is 1. The van der Waals surface area contributed by atoms with Crippen molar-refractivity contribution in [3.63, 3.8) is 0 Å². The molecule has 1 aromatic heterocycles. The molecule has 0 bridgehead atoms. The van der Waals surface area contributed by atoms with Crippen molar-refractivity contribution in [2.45, 2.75) is 38.8 Å². The maximum Gasteiger partial charge on any atom is 0.105 e. The van der Waals surface area contributed by atoms with Crippen molar-refractivity contribution in [3.8, 4) is 0 Å². The Morgan fingerprint density at radius 2 is 2.06 bits per heavy atom. The van der Waals surface area contributed by atoms with Crippen LogP contribution in [0.2, 0.25) is 0 Å². The van der Waals surface area contributed by atoms with Crippen molar-refractivity contribution in [1.82, 2.24) is 10.2 Å². The van der Waals surface area contributed by atoms with Gasteiger partial charge in [0.15, 0.2) is 0 Å². The number of nitrogens with one attached hydrogen (secondary N) is 1. The van der Waals surface area contributed by atoms with E-state index in [2.05, 4.69) is 38.2 Å². The fourth-order valence-corrected chi connectivity index (χ4v) is 1.81. The molecule has 0 amide bonds. The van der Waals surface area contributed by atoms with Gasteiger partial charge in [0.1, 0.15) is 5.76 Å². The van der Waals surface area contributed by atoms with Crippen LogP contribution in [-0.4, -0.2) is 37.6 Å². The van der Waals surface area contributed by atoms with Crippen LogP contribution in [0.25, 0.3) is 0 Å². The highest BCUT2D eigenvalue weighted by molar-refractivity contribution is 5.00. The first-order valence-electron chi connectivity index (χ1n) is 6.01. The Balaban J connectivity index is 2.20. The normalized spacial score (nSPS) is 15.3. The predicted octanol–water partition coefficient (Wildman–Crippen LogP) is 2.14. The zero-order chi connectivity index (χ0) is 12.0. The molecule has 2 atom stereocenters. The minimum Gasteiger partial charge on any atom is -0.469 e. The molecular formula is C13H24N2O. The van der Waals surface area contributed by atoms with Gasteiger partial charge in [-0.1, -0.05) is 0 Å². The first-order valence-corrected chi connectivity index (χ1v) is 6.01. The van der Waals surface area contributed by atoms with Crippen LogP contribution in [-0.2, 0) is 6.42 Å². The van der Waals surface area contributed by atoms with Crippen molar-refractivity contribution < 1.29 is 4.42 Å². The van der Waals surface area contributed by atoms with E-state index in [0.29, 0.717) is 12.1 Å². The van der Waals surface area contributed by atoms with E-state index in [0.717, 1.165) is 18.7 Å². The van der Waals surface area contributed by atoms with Crippen molar-refractivity contribution in [2.75, 3.05) is 20.6 Å². The summed E-state index contributed by atoms with van der Waals surface area (Å²) >= 11 is 0. The van der Waals surface area contributed by atoms with Gasteiger partial charge in [-0.2, -0.15) is 0 Å². The predicted molar refractivity (Wildman–Crippen MR) is 67.6 cm³/mol. The second kappa shape index (κ2) is 6.71. The van der Waals surface area contributed by atoms with Gasteiger partial charge in [0.05, 0.1) is 6.26 Å². The van der Waals surface area contributed by atoms with Gasteiger partial charge in [-0.25, -0.2) is 0 Å². The molecule has 0 aliphatic carbocycles. The van der Waals surface area contributed by atoms with E-state index in [-0.39, 0.29) is 0 Å². The second-order valence-corrected chi connectivity index (χ2v) is 4.84. The second-order valence-electron chi connectivity index (χ2n) is 4.84. The van der Waals surface area contributed by atoms with Gasteiger partial charge in [0.25, 0.3) is 0 Å². The summed E-state index contributed by atoms with van der Waals surface area (Å²) in [4.78, 5) is 2.22. The quantitative estimate of drug-likeness (QED) is 0.769. The Morgan fingerprint density at radius 1 is 1.31 bits per heavy atom. The minimum atomic E-state index is 0.461. The molecule has 3 heteroatoms. The summed E-state index contributed by atoms with van der Waals surface area (Å²) in [6, 6.07) is 4.98. The molecule has 0 saturated heterocycles. The summed E-state index contributed by atoms with van der Waals surface area (Å²) in [5.74, 6) is 1.06. The Bertz CT molecular complexity index is 269. The lowest BCUT2D eigenvalue weighted by Crippen LogP contribution is -2.37. The lowest BCUT2D eigenvalue weighted by molar-refractivity contribution is 0.347. The smallest absolute Gasteiger partial charge is 0.105 e. The Hall–Kier alpha value is -0.800. The Morgan fingerprint density at radius 3 is 2.62 bits per heavy atom. The van der Waals surface area contributed by atoms with Gasteiger partial charge in [0, 0.05) is 18.5 Å². The fraction of sp³-hybridized carbons (Fsp3) is 0.692. The molecular weight excluding hydrogens is 200 g/mol. The Kier molecular flexibility index (Phi) is 5.56. The van der Waals surface area contributed by atoms with Crippen LogP contribution in [0.1, 0.15) is 26.0 Å². The van der Waals surface area contributed by atoms with Crippen molar-refractivity contribution >= 4 is 0 Å². The van der Waals surface area contributed by atoms with Gasteiger partial charge in [0.2, 0.25) is 0 Å². The third-order valence-electron chi connectivity index (χ3n) is 2.67. The molecule has 3 nitrogen and oxygen atoms in total. The van der Waals surface area contributed by atoms with E-state index in [4.69, 9.17) is 4.42 Å². The van der Waals surface area contributed by atoms with Crippen molar-refractivity contribution in [1.29, 1.82) is 0 Å². The molecule has 92 valence electrons. The lowest BCUT2D eigenvalue weighted by Gasteiger charge is -2.20. The third-order valence-corrected chi connectivity index (χ3v) is 2.67. The SMILES string of the molecule is CC(CCN(C)C)NC(C)Cc1ccco1. The summed E-state index contributed by atoms with van der Waals surface area (Å²) in [5.41, 5.74) is 0. The van der Waals surface area contributed by atoms with Gasteiger partial charge in [-0.05, 0) is 53.0 Å².